The highest BCUT2D eigenvalue weighted by Crippen LogP contribution is 2.32. The van der Waals surface area contributed by atoms with Crippen LogP contribution in [0.1, 0.15) is 25.7 Å². The Bertz CT molecular complexity index is 1400. The fourth-order valence-corrected chi connectivity index (χ4v) is 5.45. The van der Waals surface area contributed by atoms with Gasteiger partial charge in [0.15, 0.2) is 5.82 Å². The number of aromatic amines is 1. The smallest absolute Gasteiger partial charge is 0.322 e. The molecule has 0 bridgehead atoms. The van der Waals surface area contributed by atoms with Crippen LogP contribution in [0.15, 0.2) is 47.5 Å². The quantitative estimate of drug-likeness (QED) is 0.314. The monoisotopic (exact) mass is 513 g/mol. The number of hydrogen-bond acceptors (Lipinski definition) is 5. The third-order valence-corrected chi connectivity index (χ3v) is 7.51. The molecule has 1 atom stereocenters. The number of hydrogen-bond donors (Lipinski definition) is 2. The molecule has 2 aromatic heterocycles. The summed E-state index contributed by atoms with van der Waals surface area (Å²) in [5, 5.41) is 9.49. The van der Waals surface area contributed by atoms with Gasteiger partial charge < -0.3 is 9.72 Å². The van der Waals surface area contributed by atoms with E-state index in [-0.39, 0.29) is 26.0 Å². The van der Waals surface area contributed by atoms with Crippen molar-refractivity contribution in [3.05, 3.63) is 63.5 Å². The lowest BCUT2D eigenvalue weighted by molar-refractivity contribution is 0.408. The first kappa shape index (κ1) is 22.9. The first-order valence-corrected chi connectivity index (χ1v) is 12.2. The van der Waals surface area contributed by atoms with Gasteiger partial charge in [0.05, 0.1) is 21.1 Å². The Kier molecular flexibility index (Phi) is 6.37. The molecule has 8 nitrogen and oxygen atoms in total. The normalized spacial score (nSPS) is 12.9. The Hall–Kier alpha value is -2.30. The number of nitrogens with zero attached hydrogens (tertiary/aromatic N) is 3. The van der Waals surface area contributed by atoms with Crippen molar-refractivity contribution in [2.24, 2.45) is 0 Å². The van der Waals surface area contributed by atoms with E-state index in [4.69, 9.17) is 39.5 Å². The number of rotatable bonds is 7. The van der Waals surface area contributed by atoms with Crippen LogP contribution in [-0.4, -0.2) is 28.2 Å². The van der Waals surface area contributed by atoms with Gasteiger partial charge in [0, 0.05) is 24.3 Å². The maximum absolute atomic E-state index is 12.9. The molecule has 32 heavy (non-hydrogen) atoms. The number of ether oxygens (including phenoxy) is 1. The molecule has 0 aliphatic heterocycles. The molecule has 0 aliphatic carbocycles. The van der Waals surface area contributed by atoms with Crippen LogP contribution in [0.2, 0.25) is 15.1 Å². The maximum Gasteiger partial charge on any atom is 0.322 e. The average molecular weight is 515 g/mol. The van der Waals surface area contributed by atoms with Crippen LogP contribution < -0.4 is 9.46 Å². The Labute approximate surface area is 199 Å². The van der Waals surface area contributed by atoms with Crippen LogP contribution in [0.4, 0.5) is 0 Å². The Balaban J connectivity index is 1.59. The molecule has 2 N–H and O–H groups in total. The number of aromatic nitrogens is 4. The van der Waals surface area contributed by atoms with E-state index in [1.807, 2.05) is 37.4 Å². The van der Waals surface area contributed by atoms with Crippen molar-refractivity contribution < 1.29 is 13.2 Å². The maximum atomic E-state index is 12.9. The van der Waals surface area contributed by atoms with Crippen molar-refractivity contribution >= 4 is 55.7 Å². The van der Waals surface area contributed by atoms with E-state index in [1.54, 1.807) is 11.5 Å². The molecule has 0 fully saturated rings. The van der Waals surface area contributed by atoms with Crippen molar-refractivity contribution in [2.75, 3.05) is 0 Å². The predicted octanol–water partition coefficient (Wildman–Crippen LogP) is 5.57. The van der Waals surface area contributed by atoms with Crippen LogP contribution in [0.25, 0.3) is 10.9 Å². The first-order valence-electron chi connectivity index (χ1n) is 9.54. The highest BCUT2D eigenvalue weighted by molar-refractivity contribution is 7.89. The van der Waals surface area contributed by atoms with E-state index in [1.165, 1.54) is 12.1 Å². The number of sulfonamides is 1. The minimum atomic E-state index is -4.02. The minimum Gasteiger partial charge on any atom is -0.424 e. The third kappa shape index (κ3) is 4.44. The number of benzene rings is 2. The Morgan fingerprint density at radius 2 is 1.84 bits per heavy atom. The predicted molar refractivity (Wildman–Crippen MR) is 124 cm³/mol. The van der Waals surface area contributed by atoms with E-state index in [0.717, 1.165) is 10.9 Å². The number of H-pyrrole nitrogens is 1. The van der Waals surface area contributed by atoms with Crippen molar-refractivity contribution in [3.63, 3.8) is 0 Å². The van der Waals surface area contributed by atoms with Crippen LogP contribution in [0.3, 0.4) is 0 Å². The zero-order valence-electron chi connectivity index (χ0n) is 16.9. The zero-order chi connectivity index (χ0) is 23.0. The molecule has 12 heteroatoms. The standard InChI is InChI=1S/C20H18Cl3N5O3S/c1-3-28-19(11(2)27-32(29,30)18-10-15(22)14(21)9-16(18)23)25-26-20(28)31-13-5-4-12-6-7-24-17(12)8-13/h4-11,24,27H,3H2,1-2H3/t11-/m1/s1. The molecule has 0 unspecified atom stereocenters. The van der Waals surface area contributed by atoms with Crippen LogP contribution in [0, 0.1) is 0 Å². The molecule has 2 heterocycles. The molecule has 0 saturated carbocycles. The fourth-order valence-electron chi connectivity index (χ4n) is 3.25. The van der Waals surface area contributed by atoms with Gasteiger partial charge in [0.1, 0.15) is 10.6 Å². The van der Waals surface area contributed by atoms with Crippen LogP contribution in [0.5, 0.6) is 11.8 Å². The van der Waals surface area contributed by atoms with Gasteiger partial charge in [0.25, 0.3) is 0 Å². The first-order chi connectivity index (χ1) is 15.2. The highest BCUT2D eigenvalue weighted by atomic mass is 35.5. The van der Waals surface area contributed by atoms with Gasteiger partial charge in [-0.05, 0) is 49.6 Å². The van der Waals surface area contributed by atoms with E-state index in [2.05, 4.69) is 19.9 Å². The summed E-state index contributed by atoms with van der Waals surface area (Å²) >= 11 is 18.0. The summed E-state index contributed by atoms with van der Waals surface area (Å²) in [5.74, 6) is 0.952. The summed E-state index contributed by atoms with van der Waals surface area (Å²) < 4.78 is 36.0. The van der Waals surface area contributed by atoms with Gasteiger partial charge in [-0.25, -0.2) is 13.1 Å². The van der Waals surface area contributed by atoms with E-state index in [0.29, 0.717) is 18.1 Å². The molecular formula is C20H18Cl3N5O3S. The molecule has 0 aliphatic rings. The molecule has 4 rings (SSSR count). The second-order valence-corrected chi connectivity index (χ2v) is 9.86. The molecule has 2 aromatic carbocycles. The minimum absolute atomic E-state index is 0.0419. The summed E-state index contributed by atoms with van der Waals surface area (Å²) in [7, 11) is -4.02. The van der Waals surface area contributed by atoms with Crippen LogP contribution in [-0.2, 0) is 16.6 Å². The second-order valence-electron chi connectivity index (χ2n) is 6.95. The van der Waals surface area contributed by atoms with Crippen molar-refractivity contribution in [2.45, 2.75) is 31.3 Å². The lowest BCUT2D eigenvalue weighted by Gasteiger charge is -2.16. The highest BCUT2D eigenvalue weighted by Gasteiger charge is 2.26. The van der Waals surface area contributed by atoms with Crippen molar-refractivity contribution in [3.8, 4) is 11.8 Å². The van der Waals surface area contributed by atoms with Gasteiger partial charge in [-0.15, -0.1) is 5.10 Å². The number of nitrogens with one attached hydrogen (secondary N) is 2. The van der Waals surface area contributed by atoms with E-state index >= 15 is 0 Å². The summed E-state index contributed by atoms with van der Waals surface area (Å²) in [6.07, 6.45) is 1.84. The summed E-state index contributed by atoms with van der Waals surface area (Å²) in [6, 6.07) is 9.55. The molecule has 4 aromatic rings. The molecule has 0 spiro atoms. The van der Waals surface area contributed by atoms with Gasteiger partial charge in [-0.3, -0.25) is 4.57 Å². The van der Waals surface area contributed by atoms with Gasteiger partial charge >= 0.3 is 6.01 Å². The lowest BCUT2D eigenvalue weighted by Crippen LogP contribution is -2.29. The molecule has 0 saturated heterocycles. The van der Waals surface area contributed by atoms with Gasteiger partial charge in [-0.1, -0.05) is 39.9 Å². The van der Waals surface area contributed by atoms with Crippen molar-refractivity contribution in [1.82, 2.24) is 24.5 Å². The topological polar surface area (TPSA) is 102 Å². The van der Waals surface area contributed by atoms with Crippen molar-refractivity contribution in [1.29, 1.82) is 0 Å². The Morgan fingerprint density at radius 3 is 2.59 bits per heavy atom. The largest absolute Gasteiger partial charge is 0.424 e. The van der Waals surface area contributed by atoms with Crippen LogP contribution >= 0.6 is 34.8 Å². The van der Waals surface area contributed by atoms with E-state index in [9.17, 15) is 8.42 Å². The number of halogens is 3. The lowest BCUT2D eigenvalue weighted by atomic mass is 10.2. The number of fused-ring (bicyclic) bond motifs is 1. The summed E-state index contributed by atoms with van der Waals surface area (Å²) in [6.45, 7) is 3.99. The molecule has 168 valence electrons. The summed E-state index contributed by atoms with van der Waals surface area (Å²) in [5.41, 5.74) is 0.921. The third-order valence-electron chi connectivity index (χ3n) is 4.78. The average Bonchev–Trinajstić information content (AvgIpc) is 3.36. The Morgan fingerprint density at radius 1 is 1.09 bits per heavy atom. The van der Waals surface area contributed by atoms with E-state index < -0.39 is 16.1 Å². The summed E-state index contributed by atoms with van der Waals surface area (Å²) in [4.78, 5) is 2.94. The van der Waals surface area contributed by atoms with Gasteiger partial charge in [0.2, 0.25) is 10.0 Å². The molecule has 0 radical (unpaired) electrons. The molecular weight excluding hydrogens is 497 g/mol. The molecule has 0 amide bonds. The zero-order valence-corrected chi connectivity index (χ0v) is 20.0. The SMILES string of the molecule is CCn1c(Oc2ccc3cc[nH]c3c2)nnc1[C@@H](C)NS(=O)(=O)c1cc(Cl)c(Cl)cc1Cl. The second kappa shape index (κ2) is 8.92. The fraction of sp³-hybridized carbons (Fsp3) is 0.200. The van der Waals surface area contributed by atoms with Gasteiger partial charge in [-0.2, -0.15) is 0 Å².